The molecule has 1 saturated heterocycles. The zero-order valence-corrected chi connectivity index (χ0v) is 18.7. The van der Waals surface area contributed by atoms with Crippen LogP contribution in [0, 0.1) is 5.92 Å². The van der Waals surface area contributed by atoms with Gasteiger partial charge >= 0.3 is 0 Å². The molecule has 2 N–H and O–H groups in total. The number of amides is 2. The van der Waals surface area contributed by atoms with Crippen LogP contribution in [0.15, 0.2) is 41.0 Å². The number of halogens is 2. The topological polar surface area (TPSA) is 74.6 Å². The molecule has 1 aromatic heterocycles. The molecular formula is C22H27Cl2N3O3. The van der Waals surface area contributed by atoms with E-state index in [-0.39, 0.29) is 28.5 Å². The van der Waals surface area contributed by atoms with E-state index in [9.17, 15) is 9.59 Å². The zero-order chi connectivity index (χ0) is 21.7. The average molecular weight is 452 g/mol. The van der Waals surface area contributed by atoms with E-state index >= 15 is 0 Å². The molecule has 2 aromatic rings. The lowest BCUT2D eigenvalue weighted by atomic mass is 10.0. The van der Waals surface area contributed by atoms with Crippen molar-refractivity contribution in [3.8, 4) is 0 Å². The van der Waals surface area contributed by atoms with E-state index in [4.69, 9.17) is 27.6 Å². The van der Waals surface area contributed by atoms with Crippen LogP contribution in [0.2, 0.25) is 10.0 Å². The van der Waals surface area contributed by atoms with Crippen molar-refractivity contribution >= 4 is 35.0 Å². The predicted molar refractivity (Wildman–Crippen MR) is 118 cm³/mol. The van der Waals surface area contributed by atoms with Crippen LogP contribution in [0.25, 0.3) is 0 Å². The Kier molecular flexibility index (Phi) is 7.81. The van der Waals surface area contributed by atoms with E-state index in [0.29, 0.717) is 11.6 Å². The molecule has 2 amide bonds. The Morgan fingerprint density at radius 1 is 1.17 bits per heavy atom. The predicted octanol–water partition coefficient (Wildman–Crippen LogP) is 4.29. The van der Waals surface area contributed by atoms with Gasteiger partial charge in [-0.15, -0.1) is 0 Å². The quantitative estimate of drug-likeness (QED) is 0.627. The standard InChI is InChI=1S/C22H27Cl2N3O3/c1-14(2)20(26-21(28)16-8-7-15(23)12-17(16)24)22(29)25-13-18(19-6-5-11-30-19)27-9-3-4-10-27/h5-8,11-12,14,18,20H,3-4,9-10,13H2,1-2H3,(H,25,29)(H,26,28)/t18-,20+/m0/s1. The largest absolute Gasteiger partial charge is 0.468 e. The van der Waals surface area contributed by atoms with Crippen molar-refractivity contribution < 1.29 is 14.0 Å². The summed E-state index contributed by atoms with van der Waals surface area (Å²) in [4.78, 5) is 28.0. The van der Waals surface area contributed by atoms with Crippen molar-refractivity contribution in [2.45, 2.75) is 38.8 Å². The van der Waals surface area contributed by atoms with Crippen LogP contribution < -0.4 is 10.6 Å². The van der Waals surface area contributed by atoms with E-state index in [1.807, 2.05) is 26.0 Å². The average Bonchev–Trinajstić information content (AvgIpc) is 3.40. The lowest BCUT2D eigenvalue weighted by molar-refractivity contribution is -0.124. The normalized spacial score (nSPS) is 16.4. The number of furan rings is 1. The number of hydrogen-bond donors (Lipinski definition) is 2. The molecule has 1 aliphatic heterocycles. The maximum absolute atomic E-state index is 13.0. The molecule has 2 heterocycles. The second-order valence-corrected chi connectivity index (χ2v) is 8.68. The first kappa shape index (κ1) is 22.7. The van der Waals surface area contributed by atoms with Gasteiger partial charge in [-0.3, -0.25) is 14.5 Å². The number of hydrogen-bond acceptors (Lipinski definition) is 4. The minimum atomic E-state index is -0.694. The molecule has 1 fully saturated rings. The SMILES string of the molecule is CC(C)[C@@H](NC(=O)c1ccc(Cl)cc1Cl)C(=O)NC[C@@H](c1ccco1)N1CCCC1. The number of nitrogens with one attached hydrogen (secondary N) is 2. The first-order valence-electron chi connectivity index (χ1n) is 10.2. The Bertz CT molecular complexity index is 865. The Hall–Kier alpha value is -2.02. The number of benzene rings is 1. The van der Waals surface area contributed by atoms with Gasteiger partial charge in [0.15, 0.2) is 0 Å². The Morgan fingerprint density at radius 2 is 1.90 bits per heavy atom. The molecule has 2 atom stereocenters. The van der Waals surface area contributed by atoms with Crippen molar-refractivity contribution in [3.05, 3.63) is 58.0 Å². The highest BCUT2D eigenvalue weighted by Gasteiger charge is 2.29. The van der Waals surface area contributed by atoms with Crippen molar-refractivity contribution in [2.75, 3.05) is 19.6 Å². The molecular weight excluding hydrogens is 425 g/mol. The molecule has 0 saturated carbocycles. The lowest BCUT2D eigenvalue weighted by Gasteiger charge is -2.28. The summed E-state index contributed by atoms with van der Waals surface area (Å²) >= 11 is 12.0. The van der Waals surface area contributed by atoms with Crippen molar-refractivity contribution in [3.63, 3.8) is 0 Å². The Balaban J connectivity index is 1.66. The fourth-order valence-electron chi connectivity index (χ4n) is 3.68. The molecule has 1 aromatic carbocycles. The Morgan fingerprint density at radius 3 is 2.50 bits per heavy atom. The van der Waals surface area contributed by atoms with Gasteiger partial charge in [-0.05, 0) is 62.2 Å². The first-order chi connectivity index (χ1) is 14.4. The zero-order valence-electron chi connectivity index (χ0n) is 17.2. The highest BCUT2D eigenvalue weighted by Crippen LogP contribution is 2.25. The van der Waals surface area contributed by atoms with E-state index < -0.39 is 11.9 Å². The molecule has 0 bridgehead atoms. The molecule has 3 rings (SSSR count). The molecule has 0 unspecified atom stereocenters. The minimum absolute atomic E-state index is 0.0272. The fraction of sp³-hybridized carbons (Fsp3) is 0.455. The molecule has 0 spiro atoms. The monoisotopic (exact) mass is 451 g/mol. The number of carbonyl (C=O) groups excluding carboxylic acids is 2. The molecule has 0 radical (unpaired) electrons. The number of nitrogens with zero attached hydrogens (tertiary/aromatic N) is 1. The van der Waals surface area contributed by atoms with Crippen LogP contribution in [0.4, 0.5) is 0 Å². The third-order valence-electron chi connectivity index (χ3n) is 5.33. The summed E-state index contributed by atoms with van der Waals surface area (Å²) in [5, 5.41) is 6.50. The summed E-state index contributed by atoms with van der Waals surface area (Å²) in [5.41, 5.74) is 0.282. The Labute approximate surface area is 186 Å². The fourth-order valence-corrected chi connectivity index (χ4v) is 4.17. The summed E-state index contributed by atoms with van der Waals surface area (Å²) < 4.78 is 5.61. The van der Waals surface area contributed by atoms with Gasteiger partial charge in [0, 0.05) is 11.6 Å². The summed E-state index contributed by atoms with van der Waals surface area (Å²) in [7, 11) is 0. The van der Waals surface area contributed by atoms with E-state index in [2.05, 4.69) is 15.5 Å². The van der Waals surface area contributed by atoms with Crippen LogP contribution in [-0.2, 0) is 4.79 Å². The minimum Gasteiger partial charge on any atom is -0.468 e. The smallest absolute Gasteiger partial charge is 0.253 e. The van der Waals surface area contributed by atoms with Crippen molar-refractivity contribution in [1.29, 1.82) is 0 Å². The van der Waals surface area contributed by atoms with Gasteiger partial charge in [0.1, 0.15) is 11.8 Å². The lowest BCUT2D eigenvalue weighted by Crippen LogP contribution is -2.51. The number of likely N-dealkylation sites (tertiary alicyclic amines) is 1. The van der Waals surface area contributed by atoms with Gasteiger partial charge < -0.3 is 15.1 Å². The highest BCUT2D eigenvalue weighted by molar-refractivity contribution is 6.36. The van der Waals surface area contributed by atoms with E-state index in [1.54, 1.807) is 18.4 Å². The van der Waals surface area contributed by atoms with Gasteiger partial charge in [0.2, 0.25) is 5.91 Å². The second-order valence-electron chi connectivity index (χ2n) is 7.84. The van der Waals surface area contributed by atoms with Gasteiger partial charge in [0.25, 0.3) is 5.91 Å². The maximum atomic E-state index is 13.0. The summed E-state index contributed by atoms with van der Waals surface area (Å²) in [5.74, 6) is 0.0796. The number of carbonyl (C=O) groups is 2. The van der Waals surface area contributed by atoms with Gasteiger partial charge in [-0.1, -0.05) is 37.0 Å². The molecule has 30 heavy (non-hydrogen) atoms. The molecule has 162 valence electrons. The summed E-state index contributed by atoms with van der Waals surface area (Å²) in [6.45, 7) is 6.13. The van der Waals surface area contributed by atoms with Crippen LogP contribution in [0.5, 0.6) is 0 Å². The van der Waals surface area contributed by atoms with Crippen LogP contribution in [-0.4, -0.2) is 42.4 Å². The third-order valence-corrected chi connectivity index (χ3v) is 5.88. The summed E-state index contributed by atoms with van der Waals surface area (Å²) in [6, 6.07) is 7.71. The van der Waals surface area contributed by atoms with Gasteiger partial charge in [-0.2, -0.15) is 0 Å². The second kappa shape index (κ2) is 10.3. The summed E-state index contributed by atoms with van der Waals surface area (Å²) in [6.07, 6.45) is 3.92. The van der Waals surface area contributed by atoms with Crippen LogP contribution in [0.1, 0.15) is 48.8 Å². The molecule has 8 heteroatoms. The maximum Gasteiger partial charge on any atom is 0.253 e. The van der Waals surface area contributed by atoms with Gasteiger partial charge in [-0.25, -0.2) is 0 Å². The van der Waals surface area contributed by atoms with Crippen LogP contribution in [0.3, 0.4) is 0 Å². The highest BCUT2D eigenvalue weighted by atomic mass is 35.5. The van der Waals surface area contributed by atoms with E-state index in [1.165, 1.54) is 6.07 Å². The van der Waals surface area contributed by atoms with Crippen molar-refractivity contribution in [1.82, 2.24) is 15.5 Å². The number of rotatable bonds is 8. The first-order valence-corrected chi connectivity index (χ1v) is 10.9. The molecule has 6 nitrogen and oxygen atoms in total. The molecule has 0 aliphatic carbocycles. The van der Waals surface area contributed by atoms with E-state index in [0.717, 1.165) is 31.7 Å². The van der Waals surface area contributed by atoms with Gasteiger partial charge in [0.05, 0.1) is 22.9 Å². The molecule has 1 aliphatic rings. The third kappa shape index (κ3) is 5.56. The van der Waals surface area contributed by atoms with Crippen molar-refractivity contribution in [2.24, 2.45) is 5.92 Å². The van der Waals surface area contributed by atoms with Crippen LogP contribution >= 0.6 is 23.2 Å².